The molecule has 3 aromatic rings. The number of phenols is 1. The molecule has 0 radical (unpaired) electrons. The summed E-state index contributed by atoms with van der Waals surface area (Å²) in [6.07, 6.45) is 0. The lowest BCUT2D eigenvalue weighted by Gasteiger charge is -2.06. The molecular formula is C15H14BrN3O. The highest BCUT2D eigenvalue weighted by atomic mass is 79.9. The van der Waals surface area contributed by atoms with Crippen LogP contribution in [-0.4, -0.2) is 14.7 Å². The molecule has 0 atom stereocenters. The standard InChI is InChI=1S/C15H14BrN3O/c1-19-14-7-2-10(16)8-13(14)18-15(19)9-17-11-3-5-12(20)6-4-11/h2-8,17,20H,9H2,1H3. The summed E-state index contributed by atoms with van der Waals surface area (Å²) in [5.74, 6) is 1.23. The molecule has 0 unspecified atom stereocenters. The molecule has 4 nitrogen and oxygen atoms in total. The Labute approximate surface area is 125 Å². The predicted octanol–water partition coefficient (Wildman–Crippen LogP) is 3.65. The number of aromatic hydroxyl groups is 1. The SMILES string of the molecule is Cn1c(CNc2ccc(O)cc2)nc2cc(Br)ccc21. The third-order valence-electron chi connectivity index (χ3n) is 3.25. The van der Waals surface area contributed by atoms with Gasteiger partial charge >= 0.3 is 0 Å². The van der Waals surface area contributed by atoms with E-state index < -0.39 is 0 Å². The Hall–Kier alpha value is -2.01. The minimum Gasteiger partial charge on any atom is -0.508 e. The lowest BCUT2D eigenvalue weighted by Crippen LogP contribution is -2.05. The van der Waals surface area contributed by atoms with Crippen LogP contribution in [0.5, 0.6) is 5.75 Å². The van der Waals surface area contributed by atoms with Gasteiger partial charge in [-0.2, -0.15) is 0 Å². The van der Waals surface area contributed by atoms with E-state index >= 15 is 0 Å². The number of aromatic nitrogens is 2. The molecular weight excluding hydrogens is 318 g/mol. The zero-order valence-electron chi connectivity index (χ0n) is 11.0. The Morgan fingerprint density at radius 1 is 1.20 bits per heavy atom. The van der Waals surface area contributed by atoms with Crippen molar-refractivity contribution in [2.45, 2.75) is 6.54 Å². The van der Waals surface area contributed by atoms with Crippen molar-refractivity contribution < 1.29 is 5.11 Å². The highest BCUT2D eigenvalue weighted by molar-refractivity contribution is 9.10. The van der Waals surface area contributed by atoms with Crippen molar-refractivity contribution in [2.75, 3.05) is 5.32 Å². The Balaban J connectivity index is 1.84. The number of hydrogen-bond acceptors (Lipinski definition) is 3. The van der Waals surface area contributed by atoms with E-state index in [1.54, 1.807) is 12.1 Å². The second-order valence-corrected chi connectivity index (χ2v) is 5.54. The fourth-order valence-corrected chi connectivity index (χ4v) is 2.49. The molecule has 3 rings (SSSR count). The first kappa shape index (κ1) is 13.0. The van der Waals surface area contributed by atoms with Gasteiger partial charge in [-0.05, 0) is 42.5 Å². The van der Waals surface area contributed by atoms with E-state index in [0.29, 0.717) is 6.54 Å². The van der Waals surface area contributed by atoms with E-state index in [-0.39, 0.29) is 5.75 Å². The van der Waals surface area contributed by atoms with Crippen molar-refractivity contribution in [3.05, 3.63) is 52.8 Å². The molecule has 0 aliphatic carbocycles. The van der Waals surface area contributed by atoms with E-state index in [1.807, 2.05) is 31.3 Å². The number of benzene rings is 2. The quantitative estimate of drug-likeness (QED) is 0.720. The summed E-state index contributed by atoms with van der Waals surface area (Å²) in [7, 11) is 2.01. The summed E-state index contributed by atoms with van der Waals surface area (Å²) in [6.45, 7) is 0.633. The third kappa shape index (κ3) is 2.49. The second kappa shape index (κ2) is 5.17. The van der Waals surface area contributed by atoms with Gasteiger partial charge in [0, 0.05) is 17.2 Å². The first-order chi connectivity index (χ1) is 9.63. The first-order valence-corrected chi connectivity index (χ1v) is 7.06. The maximum absolute atomic E-state index is 9.26. The van der Waals surface area contributed by atoms with Gasteiger partial charge in [-0.25, -0.2) is 4.98 Å². The number of fused-ring (bicyclic) bond motifs is 1. The van der Waals surface area contributed by atoms with Gasteiger partial charge in [-0.3, -0.25) is 0 Å². The molecule has 0 saturated carbocycles. The normalized spacial score (nSPS) is 10.9. The maximum Gasteiger partial charge on any atom is 0.128 e. The summed E-state index contributed by atoms with van der Waals surface area (Å²) in [5, 5.41) is 12.6. The molecule has 0 aliphatic rings. The minimum atomic E-state index is 0.267. The summed E-state index contributed by atoms with van der Waals surface area (Å²) in [6, 6.07) is 13.1. The van der Waals surface area contributed by atoms with Crippen LogP contribution < -0.4 is 5.32 Å². The Morgan fingerprint density at radius 2 is 1.95 bits per heavy atom. The average Bonchev–Trinajstić information content (AvgIpc) is 2.74. The van der Waals surface area contributed by atoms with Crippen LogP contribution in [0, 0.1) is 0 Å². The van der Waals surface area contributed by atoms with Gasteiger partial charge in [0.15, 0.2) is 0 Å². The van der Waals surface area contributed by atoms with E-state index in [9.17, 15) is 5.11 Å². The Kier molecular flexibility index (Phi) is 3.36. The van der Waals surface area contributed by atoms with Crippen molar-refractivity contribution >= 4 is 32.7 Å². The lowest BCUT2D eigenvalue weighted by atomic mass is 10.3. The van der Waals surface area contributed by atoms with E-state index in [1.165, 1.54) is 0 Å². The van der Waals surface area contributed by atoms with Crippen LogP contribution in [0.1, 0.15) is 5.82 Å². The Morgan fingerprint density at radius 3 is 2.70 bits per heavy atom. The topological polar surface area (TPSA) is 50.1 Å². The van der Waals surface area contributed by atoms with E-state index in [2.05, 4.69) is 36.9 Å². The molecule has 0 bridgehead atoms. The molecule has 0 fully saturated rings. The molecule has 1 aromatic heterocycles. The van der Waals surface area contributed by atoms with Crippen molar-refractivity contribution in [1.29, 1.82) is 0 Å². The smallest absolute Gasteiger partial charge is 0.128 e. The average molecular weight is 332 g/mol. The van der Waals surface area contributed by atoms with Gasteiger partial charge in [-0.1, -0.05) is 15.9 Å². The highest BCUT2D eigenvalue weighted by Crippen LogP contribution is 2.21. The first-order valence-electron chi connectivity index (χ1n) is 6.27. The number of nitrogens with zero attached hydrogens (tertiary/aromatic N) is 2. The van der Waals surface area contributed by atoms with Gasteiger partial charge < -0.3 is 15.0 Å². The fraction of sp³-hybridized carbons (Fsp3) is 0.133. The molecule has 0 aliphatic heterocycles. The van der Waals surface area contributed by atoms with Gasteiger partial charge in [0.2, 0.25) is 0 Å². The van der Waals surface area contributed by atoms with Crippen molar-refractivity contribution in [2.24, 2.45) is 7.05 Å². The largest absolute Gasteiger partial charge is 0.508 e. The van der Waals surface area contributed by atoms with Crippen LogP contribution in [0.15, 0.2) is 46.9 Å². The molecule has 5 heteroatoms. The molecule has 102 valence electrons. The second-order valence-electron chi connectivity index (χ2n) is 4.62. The molecule has 20 heavy (non-hydrogen) atoms. The molecule has 1 heterocycles. The molecule has 0 amide bonds. The molecule has 0 spiro atoms. The number of phenolic OH excluding ortho intramolecular Hbond substituents is 1. The van der Waals surface area contributed by atoms with E-state index in [4.69, 9.17) is 0 Å². The maximum atomic E-state index is 9.26. The van der Waals surface area contributed by atoms with Gasteiger partial charge in [-0.15, -0.1) is 0 Å². The van der Waals surface area contributed by atoms with Gasteiger partial charge in [0.25, 0.3) is 0 Å². The number of nitrogens with one attached hydrogen (secondary N) is 1. The van der Waals surface area contributed by atoms with Crippen LogP contribution in [0.25, 0.3) is 11.0 Å². The minimum absolute atomic E-state index is 0.267. The van der Waals surface area contributed by atoms with Gasteiger partial charge in [0.1, 0.15) is 11.6 Å². The zero-order valence-corrected chi connectivity index (χ0v) is 12.6. The number of rotatable bonds is 3. The summed E-state index contributed by atoms with van der Waals surface area (Å²) < 4.78 is 3.11. The molecule has 2 N–H and O–H groups in total. The van der Waals surface area contributed by atoms with Crippen molar-refractivity contribution in [3.8, 4) is 5.75 Å². The summed E-state index contributed by atoms with van der Waals surface area (Å²) in [4.78, 5) is 4.63. The van der Waals surface area contributed by atoms with Gasteiger partial charge in [0.05, 0.1) is 17.6 Å². The predicted molar refractivity (Wildman–Crippen MR) is 83.8 cm³/mol. The number of anilines is 1. The van der Waals surface area contributed by atoms with Crippen LogP contribution in [0.4, 0.5) is 5.69 Å². The Bertz CT molecular complexity index is 750. The van der Waals surface area contributed by atoms with E-state index in [0.717, 1.165) is 27.0 Å². The lowest BCUT2D eigenvalue weighted by molar-refractivity contribution is 0.475. The summed E-state index contributed by atoms with van der Waals surface area (Å²) >= 11 is 3.46. The van der Waals surface area contributed by atoms with Crippen LogP contribution in [0.2, 0.25) is 0 Å². The number of aryl methyl sites for hydroxylation is 1. The number of halogens is 1. The van der Waals surface area contributed by atoms with Crippen LogP contribution in [-0.2, 0) is 13.6 Å². The highest BCUT2D eigenvalue weighted by Gasteiger charge is 2.07. The zero-order chi connectivity index (χ0) is 14.1. The summed E-state index contributed by atoms with van der Waals surface area (Å²) in [5.41, 5.74) is 3.04. The fourth-order valence-electron chi connectivity index (χ4n) is 2.14. The van der Waals surface area contributed by atoms with Crippen molar-refractivity contribution in [3.63, 3.8) is 0 Å². The number of hydrogen-bond donors (Lipinski definition) is 2. The van der Waals surface area contributed by atoms with Crippen LogP contribution >= 0.6 is 15.9 Å². The molecule has 0 saturated heterocycles. The monoisotopic (exact) mass is 331 g/mol. The third-order valence-corrected chi connectivity index (χ3v) is 3.75. The van der Waals surface area contributed by atoms with Crippen LogP contribution in [0.3, 0.4) is 0 Å². The van der Waals surface area contributed by atoms with Crippen molar-refractivity contribution in [1.82, 2.24) is 9.55 Å². The number of imidazole rings is 1. The molecule has 2 aromatic carbocycles.